The maximum atomic E-state index is 6.21. The third-order valence-corrected chi connectivity index (χ3v) is 3.48. The molecule has 0 aliphatic rings. The molecule has 0 aliphatic carbocycles. The van der Waals surface area contributed by atoms with E-state index in [0.29, 0.717) is 17.4 Å². The smallest absolute Gasteiger partial charge is 0.138 e. The average molecular weight is 356 g/mol. The van der Waals surface area contributed by atoms with Crippen LogP contribution >= 0.6 is 27.5 Å². The maximum absolute atomic E-state index is 6.21. The van der Waals surface area contributed by atoms with Gasteiger partial charge in [0.15, 0.2) is 0 Å². The molecule has 0 amide bonds. The van der Waals surface area contributed by atoms with E-state index >= 15 is 0 Å². The third-order valence-electron chi connectivity index (χ3n) is 2.72. The largest absolute Gasteiger partial charge is 0.486 e. The number of hydrogen-bond donors (Lipinski definition) is 1. The zero-order valence-electron chi connectivity index (χ0n) is 11.1. The second-order valence-electron chi connectivity index (χ2n) is 4.70. The summed E-state index contributed by atoms with van der Waals surface area (Å²) in [5, 5.41) is 0.597. The standard InChI is InChI=1S/C15H16BrClN2O/c1-10(18)6-11-2-5-15(14(17)7-11)20-9-13-4-3-12(16)8-19-13/h2-5,7-8,10H,6,9,18H2,1H3. The van der Waals surface area contributed by atoms with Gasteiger partial charge in [-0.3, -0.25) is 4.98 Å². The minimum atomic E-state index is 0.116. The van der Waals surface area contributed by atoms with Crippen molar-refractivity contribution in [3.8, 4) is 5.75 Å². The quantitative estimate of drug-likeness (QED) is 0.883. The molecule has 2 N–H and O–H groups in total. The predicted octanol–water partition coefficient (Wildman–Crippen LogP) is 3.97. The van der Waals surface area contributed by atoms with Crippen LogP contribution in [0.2, 0.25) is 5.02 Å². The summed E-state index contributed by atoms with van der Waals surface area (Å²) in [5.41, 5.74) is 7.73. The highest BCUT2D eigenvalue weighted by Gasteiger charge is 2.05. The van der Waals surface area contributed by atoms with Gasteiger partial charge in [0.1, 0.15) is 12.4 Å². The molecule has 1 heterocycles. The first-order chi connectivity index (χ1) is 9.54. The Bertz CT molecular complexity index is 573. The fourth-order valence-corrected chi connectivity index (χ4v) is 2.30. The van der Waals surface area contributed by atoms with Gasteiger partial charge in [-0.1, -0.05) is 17.7 Å². The van der Waals surface area contributed by atoms with E-state index in [0.717, 1.165) is 22.2 Å². The summed E-state index contributed by atoms with van der Waals surface area (Å²) < 4.78 is 6.63. The number of hydrogen-bond acceptors (Lipinski definition) is 3. The normalized spacial score (nSPS) is 12.2. The molecule has 5 heteroatoms. The van der Waals surface area contributed by atoms with Gasteiger partial charge in [-0.2, -0.15) is 0 Å². The molecule has 0 saturated heterocycles. The third kappa shape index (κ3) is 4.47. The van der Waals surface area contributed by atoms with Crippen LogP contribution in [0.25, 0.3) is 0 Å². The van der Waals surface area contributed by atoms with Crippen LogP contribution in [0.5, 0.6) is 5.75 Å². The lowest BCUT2D eigenvalue weighted by Gasteiger charge is -2.10. The lowest BCUT2D eigenvalue weighted by molar-refractivity contribution is 0.301. The summed E-state index contributed by atoms with van der Waals surface area (Å²) in [5.74, 6) is 0.657. The van der Waals surface area contributed by atoms with E-state index in [-0.39, 0.29) is 6.04 Å². The van der Waals surface area contributed by atoms with E-state index in [4.69, 9.17) is 22.1 Å². The molecule has 3 nitrogen and oxygen atoms in total. The topological polar surface area (TPSA) is 48.1 Å². The lowest BCUT2D eigenvalue weighted by Crippen LogP contribution is -2.17. The molecule has 20 heavy (non-hydrogen) atoms. The van der Waals surface area contributed by atoms with Crippen molar-refractivity contribution < 1.29 is 4.74 Å². The lowest BCUT2D eigenvalue weighted by atomic mass is 10.1. The number of ether oxygens (including phenoxy) is 1. The highest BCUT2D eigenvalue weighted by atomic mass is 79.9. The van der Waals surface area contributed by atoms with Gasteiger partial charge >= 0.3 is 0 Å². The molecule has 0 spiro atoms. The van der Waals surface area contributed by atoms with E-state index in [1.165, 1.54) is 0 Å². The molecular weight excluding hydrogens is 340 g/mol. The number of rotatable bonds is 5. The number of pyridine rings is 1. The Morgan fingerprint density at radius 2 is 2.15 bits per heavy atom. The van der Waals surface area contributed by atoms with Gasteiger partial charge in [0.2, 0.25) is 0 Å². The fraction of sp³-hybridized carbons (Fsp3) is 0.267. The average Bonchev–Trinajstić information content (AvgIpc) is 2.39. The highest BCUT2D eigenvalue weighted by molar-refractivity contribution is 9.10. The van der Waals surface area contributed by atoms with E-state index in [2.05, 4.69) is 20.9 Å². The number of nitrogens with two attached hydrogens (primary N) is 1. The van der Waals surface area contributed by atoms with Crippen LogP contribution in [0.3, 0.4) is 0 Å². The fourth-order valence-electron chi connectivity index (χ4n) is 1.80. The zero-order valence-corrected chi connectivity index (χ0v) is 13.5. The molecule has 1 unspecified atom stereocenters. The van der Waals surface area contributed by atoms with Crippen molar-refractivity contribution >= 4 is 27.5 Å². The van der Waals surface area contributed by atoms with Gasteiger partial charge in [0, 0.05) is 16.7 Å². The number of benzene rings is 1. The SMILES string of the molecule is CC(N)Cc1ccc(OCc2ccc(Br)cn2)c(Cl)c1. The molecule has 0 aliphatic heterocycles. The Balaban J connectivity index is 2.01. The van der Waals surface area contributed by atoms with E-state index in [9.17, 15) is 0 Å². The van der Waals surface area contributed by atoms with Gasteiger partial charge in [0.05, 0.1) is 10.7 Å². The van der Waals surface area contributed by atoms with Crippen LogP contribution in [0.1, 0.15) is 18.2 Å². The van der Waals surface area contributed by atoms with Crippen molar-refractivity contribution in [1.29, 1.82) is 0 Å². The molecule has 0 bridgehead atoms. The molecule has 0 radical (unpaired) electrons. The number of nitrogens with zero attached hydrogens (tertiary/aromatic N) is 1. The van der Waals surface area contributed by atoms with E-state index in [1.807, 2.05) is 37.3 Å². The second kappa shape index (κ2) is 7.07. The molecular formula is C15H16BrClN2O. The molecule has 0 saturated carbocycles. The van der Waals surface area contributed by atoms with Crippen molar-refractivity contribution in [1.82, 2.24) is 4.98 Å². The Morgan fingerprint density at radius 1 is 1.35 bits per heavy atom. The van der Waals surface area contributed by atoms with Crippen LogP contribution in [0.4, 0.5) is 0 Å². The Kier molecular flexibility index (Phi) is 5.40. The molecule has 1 aromatic heterocycles. The molecule has 1 atom stereocenters. The maximum Gasteiger partial charge on any atom is 0.138 e. The van der Waals surface area contributed by atoms with Crippen LogP contribution in [-0.2, 0) is 13.0 Å². The van der Waals surface area contributed by atoms with Crippen molar-refractivity contribution in [3.63, 3.8) is 0 Å². The predicted molar refractivity (Wildman–Crippen MR) is 85.1 cm³/mol. The molecule has 2 rings (SSSR count). The highest BCUT2D eigenvalue weighted by Crippen LogP contribution is 2.26. The molecule has 2 aromatic rings. The van der Waals surface area contributed by atoms with Gasteiger partial charge in [-0.15, -0.1) is 0 Å². The molecule has 106 valence electrons. The first-order valence-electron chi connectivity index (χ1n) is 6.32. The van der Waals surface area contributed by atoms with Gasteiger partial charge < -0.3 is 10.5 Å². The zero-order chi connectivity index (χ0) is 14.5. The van der Waals surface area contributed by atoms with Crippen molar-refractivity contribution in [2.75, 3.05) is 0 Å². The van der Waals surface area contributed by atoms with Gasteiger partial charge in [-0.25, -0.2) is 0 Å². The summed E-state index contributed by atoms with van der Waals surface area (Å²) in [6.07, 6.45) is 2.54. The van der Waals surface area contributed by atoms with Crippen LogP contribution < -0.4 is 10.5 Å². The summed E-state index contributed by atoms with van der Waals surface area (Å²) in [6, 6.07) is 9.71. The minimum absolute atomic E-state index is 0.116. The van der Waals surface area contributed by atoms with Crippen LogP contribution in [0.15, 0.2) is 41.0 Å². The summed E-state index contributed by atoms with van der Waals surface area (Å²) >= 11 is 9.56. The van der Waals surface area contributed by atoms with Gasteiger partial charge in [-0.05, 0) is 59.1 Å². The van der Waals surface area contributed by atoms with Crippen LogP contribution in [0, 0.1) is 0 Å². The van der Waals surface area contributed by atoms with Crippen molar-refractivity contribution in [3.05, 3.63) is 57.3 Å². The summed E-state index contributed by atoms with van der Waals surface area (Å²) in [6.45, 7) is 2.36. The molecule has 0 fully saturated rings. The first-order valence-corrected chi connectivity index (χ1v) is 7.49. The Hall–Kier alpha value is -1.10. The Morgan fingerprint density at radius 3 is 2.75 bits per heavy atom. The number of halogens is 2. The summed E-state index contributed by atoms with van der Waals surface area (Å²) in [7, 11) is 0. The van der Waals surface area contributed by atoms with Crippen LogP contribution in [-0.4, -0.2) is 11.0 Å². The van der Waals surface area contributed by atoms with E-state index < -0.39 is 0 Å². The van der Waals surface area contributed by atoms with E-state index in [1.54, 1.807) is 6.20 Å². The van der Waals surface area contributed by atoms with Gasteiger partial charge in [0.25, 0.3) is 0 Å². The number of aromatic nitrogens is 1. The van der Waals surface area contributed by atoms with Crippen molar-refractivity contribution in [2.45, 2.75) is 26.0 Å². The second-order valence-corrected chi connectivity index (χ2v) is 6.03. The monoisotopic (exact) mass is 354 g/mol. The molecule has 1 aromatic carbocycles. The first kappa shape index (κ1) is 15.3. The van der Waals surface area contributed by atoms with Crippen molar-refractivity contribution in [2.24, 2.45) is 5.73 Å². The Labute approximate surface area is 132 Å². The minimum Gasteiger partial charge on any atom is -0.486 e. The summed E-state index contributed by atoms with van der Waals surface area (Å²) in [4.78, 5) is 4.25.